The lowest BCUT2D eigenvalue weighted by molar-refractivity contribution is 0.210. The average molecular weight is 244 g/mol. The van der Waals surface area contributed by atoms with Crippen molar-refractivity contribution in [2.24, 2.45) is 0 Å². The quantitative estimate of drug-likeness (QED) is 0.896. The molecule has 1 heterocycles. The molecule has 96 valence electrons. The molecule has 0 aliphatic carbocycles. The number of benzene rings is 1. The molecule has 0 amide bonds. The Bertz CT molecular complexity index is 534. The van der Waals surface area contributed by atoms with E-state index in [-0.39, 0.29) is 5.54 Å². The smallest absolute Gasteiger partial charge is 0.145 e. The molecule has 1 aromatic carbocycles. The van der Waals surface area contributed by atoms with Crippen molar-refractivity contribution in [1.82, 2.24) is 14.9 Å². The lowest BCUT2D eigenvalue weighted by Crippen LogP contribution is -2.44. The van der Waals surface area contributed by atoms with Crippen molar-refractivity contribution in [3.63, 3.8) is 0 Å². The third kappa shape index (κ3) is 2.76. The van der Waals surface area contributed by atoms with Crippen LogP contribution >= 0.6 is 0 Å². The Balaban J connectivity index is 2.13. The van der Waals surface area contributed by atoms with Crippen LogP contribution in [-0.2, 0) is 0 Å². The first kappa shape index (κ1) is 12.8. The van der Waals surface area contributed by atoms with Crippen molar-refractivity contribution >= 4 is 16.9 Å². The van der Waals surface area contributed by atoms with E-state index in [1.165, 1.54) is 0 Å². The highest BCUT2D eigenvalue weighted by molar-refractivity contribution is 5.75. The van der Waals surface area contributed by atoms with Crippen LogP contribution in [0.4, 0.5) is 5.82 Å². The monoisotopic (exact) mass is 244 g/mol. The second-order valence-corrected chi connectivity index (χ2v) is 5.30. The van der Waals surface area contributed by atoms with E-state index in [1.54, 1.807) is 6.20 Å². The first-order valence-electron chi connectivity index (χ1n) is 6.12. The molecule has 0 spiro atoms. The Morgan fingerprint density at radius 1 is 1.17 bits per heavy atom. The van der Waals surface area contributed by atoms with Gasteiger partial charge < -0.3 is 10.2 Å². The molecular formula is C14H20N4. The largest absolute Gasteiger partial charge is 0.367 e. The summed E-state index contributed by atoms with van der Waals surface area (Å²) in [5.74, 6) is 0.823. The maximum absolute atomic E-state index is 4.55. The van der Waals surface area contributed by atoms with Crippen LogP contribution in [0.25, 0.3) is 11.0 Å². The van der Waals surface area contributed by atoms with Crippen LogP contribution in [0.5, 0.6) is 0 Å². The molecule has 0 aliphatic rings. The van der Waals surface area contributed by atoms with Crippen LogP contribution < -0.4 is 5.32 Å². The summed E-state index contributed by atoms with van der Waals surface area (Å²) in [5.41, 5.74) is 1.92. The molecule has 1 N–H and O–H groups in total. The first-order valence-corrected chi connectivity index (χ1v) is 6.12. The van der Waals surface area contributed by atoms with E-state index in [4.69, 9.17) is 0 Å². The number of rotatable bonds is 4. The lowest BCUT2D eigenvalue weighted by Gasteiger charge is -2.32. The van der Waals surface area contributed by atoms with Gasteiger partial charge in [0.1, 0.15) is 5.82 Å². The van der Waals surface area contributed by atoms with Gasteiger partial charge in [0.2, 0.25) is 0 Å². The second kappa shape index (κ2) is 4.90. The molecule has 0 aliphatic heterocycles. The summed E-state index contributed by atoms with van der Waals surface area (Å²) < 4.78 is 0. The van der Waals surface area contributed by atoms with E-state index in [1.807, 2.05) is 24.3 Å². The zero-order valence-electron chi connectivity index (χ0n) is 11.4. The van der Waals surface area contributed by atoms with Gasteiger partial charge in [-0.1, -0.05) is 12.1 Å². The lowest BCUT2D eigenvalue weighted by atomic mass is 10.0. The number of nitrogens with one attached hydrogen (secondary N) is 1. The SMILES string of the molecule is CN(C)C(C)(C)CNc1cnc2ccccc2n1. The predicted octanol–water partition coefficient (Wildman–Crippen LogP) is 2.38. The van der Waals surface area contributed by atoms with Gasteiger partial charge in [-0.25, -0.2) is 4.98 Å². The fraction of sp³-hybridized carbons (Fsp3) is 0.429. The zero-order valence-corrected chi connectivity index (χ0v) is 11.4. The van der Waals surface area contributed by atoms with Crippen LogP contribution in [0.2, 0.25) is 0 Å². The Hall–Kier alpha value is -1.68. The standard InChI is InChI=1S/C14H20N4/c1-14(2,18(3)4)10-16-13-9-15-11-7-5-6-8-12(11)17-13/h5-9H,10H2,1-4H3,(H,16,17). The van der Waals surface area contributed by atoms with Crippen LogP contribution in [0.1, 0.15) is 13.8 Å². The number of aromatic nitrogens is 2. The molecule has 4 heteroatoms. The molecule has 1 aromatic heterocycles. The molecule has 0 saturated heterocycles. The fourth-order valence-corrected chi connectivity index (χ4v) is 1.51. The van der Waals surface area contributed by atoms with Gasteiger partial charge in [0.15, 0.2) is 0 Å². The normalized spacial score (nSPS) is 12.1. The van der Waals surface area contributed by atoms with E-state index in [0.717, 1.165) is 23.4 Å². The Kier molecular flexibility index (Phi) is 3.48. The Morgan fingerprint density at radius 3 is 2.50 bits per heavy atom. The predicted molar refractivity (Wildman–Crippen MR) is 75.8 cm³/mol. The van der Waals surface area contributed by atoms with Gasteiger partial charge in [0.05, 0.1) is 17.2 Å². The van der Waals surface area contributed by atoms with Crippen molar-refractivity contribution in [3.8, 4) is 0 Å². The van der Waals surface area contributed by atoms with Gasteiger partial charge in [-0.05, 0) is 40.1 Å². The van der Waals surface area contributed by atoms with Crippen molar-refractivity contribution in [2.45, 2.75) is 19.4 Å². The summed E-state index contributed by atoms with van der Waals surface area (Å²) >= 11 is 0. The van der Waals surface area contributed by atoms with E-state index in [2.05, 4.69) is 48.1 Å². The highest BCUT2D eigenvalue weighted by Gasteiger charge is 2.20. The first-order chi connectivity index (χ1) is 8.49. The maximum Gasteiger partial charge on any atom is 0.145 e. The van der Waals surface area contributed by atoms with Crippen molar-refractivity contribution in [3.05, 3.63) is 30.5 Å². The number of nitrogens with zero attached hydrogens (tertiary/aromatic N) is 3. The number of fused-ring (bicyclic) bond motifs is 1. The van der Waals surface area contributed by atoms with Gasteiger partial charge in [-0.3, -0.25) is 4.98 Å². The van der Waals surface area contributed by atoms with Gasteiger partial charge >= 0.3 is 0 Å². The minimum Gasteiger partial charge on any atom is -0.367 e. The molecule has 0 atom stereocenters. The molecule has 0 bridgehead atoms. The van der Waals surface area contributed by atoms with Crippen LogP contribution in [0.3, 0.4) is 0 Å². The van der Waals surface area contributed by atoms with Crippen molar-refractivity contribution in [2.75, 3.05) is 26.0 Å². The van der Waals surface area contributed by atoms with Gasteiger partial charge in [-0.15, -0.1) is 0 Å². The summed E-state index contributed by atoms with van der Waals surface area (Å²) in [6.07, 6.45) is 1.79. The van der Waals surface area contributed by atoms with E-state index in [0.29, 0.717) is 0 Å². The van der Waals surface area contributed by atoms with E-state index < -0.39 is 0 Å². The topological polar surface area (TPSA) is 41.0 Å². The van der Waals surface area contributed by atoms with Gasteiger partial charge in [-0.2, -0.15) is 0 Å². The molecule has 4 nitrogen and oxygen atoms in total. The van der Waals surface area contributed by atoms with E-state index in [9.17, 15) is 0 Å². The summed E-state index contributed by atoms with van der Waals surface area (Å²) in [6, 6.07) is 7.89. The van der Waals surface area contributed by atoms with Crippen molar-refractivity contribution in [1.29, 1.82) is 0 Å². The second-order valence-electron chi connectivity index (χ2n) is 5.30. The zero-order chi connectivity index (χ0) is 13.2. The van der Waals surface area contributed by atoms with Crippen LogP contribution in [0.15, 0.2) is 30.5 Å². The van der Waals surface area contributed by atoms with Crippen LogP contribution in [0, 0.1) is 0 Å². The average Bonchev–Trinajstić information content (AvgIpc) is 2.36. The molecule has 0 radical (unpaired) electrons. The third-order valence-corrected chi connectivity index (χ3v) is 3.36. The molecular weight excluding hydrogens is 224 g/mol. The summed E-state index contributed by atoms with van der Waals surface area (Å²) in [4.78, 5) is 11.1. The Labute approximate surface area is 108 Å². The minimum absolute atomic E-state index is 0.0767. The summed E-state index contributed by atoms with van der Waals surface area (Å²) in [5, 5.41) is 3.34. The highest BCUT2D eigenvalue weighted by Crippen LogP contribution is 2.14. The van der Waals surface area contributed by atoms with Gasteiger partial charge in [0.25, 0.3) is 0 Å². The molecule has 0 fully saturated rings. The molecule has 0 unspecified atom stereocenters. The summed E-state index contributed by atoms with van der Waals surface area (Å²) in [7, 11) is 4.15. The number of hydrogen-bond donors (Lipinski definition) is 1. The van der Waals surface area contributed by atoms with Crippen LogP contribution in [-0.4, -0.2) is 41.0 Å². The third-order valence-electron chi connectivity index (χ3n) is 3.36. The fourth-order valence-electron chi connectivity index (χ4n) is 1.51. The molecule has 2 aromatic rings. The molecule has 18 heavy (non-hydrogen) atoms. The van der Waals surface area contributed by atoms with Gasteiger partial charge in [0, 0.05) is 12.1 Å². The highest BCUT2D eigenvalue weighted by atomic mass is 15.2. The molecule has 0 saturated carbocycles. The number of para-hydroxylation sites is 2. The maximum atomic E-state index is 4.55. The van der Waals surface area contributed by atoms with Crippen molar-refractivity contribution < 1.29 is 0 Å². The number of hydrogen-bond acceptors (Lipinski definition) is 4. The molecule has 2 rings (SSSR count). The minimum atomic E-state index is 0.0767. The number of anilines is 1. The Morgan fingerprint density at radius 2 is 1.83 bits per heavy atom. The van der Waals surface area contributed by atoms with E-state index >= 15 is 0 Å². The number of likely N-dealkylation sites (N-methyl/N-ethyl adjacent to an activating group) is 1. The summed E-state index contributed by atoms with van der Waals surface area (Å²) in [6.45, 7) is 5.20.